The Labute approximate surface area is 158 Å². The summed E-state index contributed by atoms with van der Waals surface area (Å²) in [5.74, 6) is 0.585. The van der Waals surface area contributed by atoms with E-state index in [0.29, 0.717) is 5.84 Å². The molecule has 0 spiro atoms. The summed E-state index contributed by atoms with van der Waals surface area (Å²) in [6.07, 6.45) is 2.75. The van der Waals surface area contributed by atoms with E-state index in [9.17, 15) is 0 Å². The summed E-state index contributed by atoms with van der Waals surface area (Å²) in [4.78, 5) is 8.65. The monoisotopic (exact) mass is 349 g/mol. The Morgan fingerprint density at radius 3 is 2.70 bits per heavy atom. The van der Waals surface area contributed by atoms with Crippen LogP contribution >= 0.6 is 0 Å². The molecule has 0 bridgehead atoms. The van der Waals surface area contributed by atoms with Gasteiger partial charge in [-0.3, -0.25) is 9.98 Å². The van der Waals surface area contributed by atoms with Crippen molar-refractivity contribution in [2.24, 2.45) is 10.7 Å². The van der Waals surface area contributed by atoms with Crippen molar-refractivity contribution in [3.05, 3.63) is 89.6 Å². The van der Waals surface area contributed by atoms with Gasteiger partial charge in [-0.15, -0.1) is 0 Å². The molecular weight excluding hydrogens is 330 g/mol. The first-order valence-electron chi connectivity index (χ1n) is 9.08. The lowest BCUT2D eigenvalue weighted by Gasteiger charge is -2.11. The van der Waals surface area contributed by atoms with Gasteiger partial charge in [-0.05, 0) is 58.0 Å². The van der Waals surface area contributed by atoms with E-state index >= 15 is 0 Å². The largest absolute Gasteiger partial charge is 0.383 e. The highest BCUT2D eigenvalue weighted by Crippen LogP contribution is 2.43. The lowest BCUT2D eigenvalue weighted by Crippen LogP contribution is -2.14. The van der Waals surface area contributed by atoms with Crippen LogP contribution in [0.15, 0.2) is 77.9 Å². The molecule has 0 fully saturated rings. The molecule has 0 radical (unpaired) electrons. The average molecular weight is 349 g/mol. The molecule has 0 atom stereocenters. The number of hydrogen-bond donors (Lipinski definition) is 1. The molecule has 3 aromatic carbocycles. The van der Waals surface area contributed by atoms with E-state index in [1.807, 2.05) is 12.3 Å². The van der Waals surface area contributed by atoms with Gasteiger partial charge in [-0.25, -0.2) is 0 Å². The SMILES string of the molecule is CN=C(N)c1cccc2c1-c1cccc(-c3ccc4ncccc4c3)c1C2. The van der Waals surface area contributed by atoms with Crippen molar-refractivity contribution in [2.45, 2.75) is 6.42 Å². The fourth-order valence-electron chi connectivity index (χ4n) is 4.11. The van der Waals surface area contributed by atoms with Crippen LogP contribution in [0.3, 0.4) is 0 Å². The molecule has 0 saturated heterocycles. The van der Waals surface area contributed by atoms with Crippen LogP contribution in [-0.2, 0) is 6.42 Å². The summed E-state index contributed by atoms with van der Waals surface area (Å²) in [7, 11) is 1.74. The Morgan fingerprint density at radius 1 is 0.963 bits per heavy atom. The predicted octanol–water partition coefficient (Wildman–Crippen LogP) is 4.81. The fourth-order valence-corrected chi connectivity index (χ4v) is 4.11. The van der Waals surface area contributed by atoms with E-state index in [4.69, 9.17) is 5.73 Å². The van der Waals surface area contributed by atoms with E-state index in [2.05, 4.69) is 70.6 Å². The van der Waals surface area contributed by atoms with Crippen LogP contribution < -0.4 is 5.73 Å². The van der Waals surface area contributed by atoms with Crippen LogP contribution in [-0.4, -0.2) is 17.9 Å². The number of fused-ring (bicyclic) bond motifs is 4. The second-order valence-corrected chi connectivity index (χ2v) is 6.87. The van der Waals surface area contributed by atoms with Gasteiger partial charge >= 0.3 is 0 Å². The summed E-state index contributed by atoms with van der Waals surface area (Å²) < 4.78 is 0. The highest BCUT2D eigenvalue weighted by Gasteiger charge is 2.24. The first kappa shape index (κ1) is 15.8. The molecule has 1 aliphatic rings. The summed E-state index contributed by atoms with van der Waals surface area (Å²) in [6, 6.07) is 23.4. The summed E-state index contributed by atoms with van der Waals surface area (Å²) in [5.41, 5.74) is 15.9. The molecule has 0 amide bonds. The Balaban J connectivity index is 1.72. The van der Waals surface area contributed by atoms with Crippen molar-refractivity contribution in [3.8, 4) is 22.3 Å². The second kappa shape index (κ2) is 6.06. The summed E-state index contributed by atoms with van der Waals surface area (Å²) in [5, 5.41) is 1.16. The number of aromatic nitrogens is 1. The van der Waals surface area contributed by atoms with Crippen molar-refractivity contribution in [1.29, 1.82) is 0 Å². The molecule has 27 heavy (non-hydrogen) atoms. The molecule has 130 valence electrons. The van der Waals surface area contributed by atoms with Crippen LogP contribution in [0.25, 0.3) is 33.2 Å². The van der Waals surface area contributed by atoms with E-state index in [1.54, 1.807) is 7.05 Å². The number of rotatable bonds is 2. The van der Waals surface area contributed by atoms with Crippen molar-refractivity contribution in [3.63, 3.8) is 0 Å². The third kappa shape index (κ3) is 2.43. The lowest BCUT2D eigenvalue weighted by atomic mass is 9.94. The highest BCUT2D eigenvalue weighted by molar-refractivity contribution is 6.06. The fraction of sp³-hybridized carbons (Fsp3) is 0.0833. The maximum absolute atomic E-state index is 6.18. The highest BCUT2D eigenvalue weighted by atomic mass is 14.8. The topological polar surface area (TPSA) is 51.3 Å². The number of hydrogen-bond acceptors (Lipinski definition) is 2. The zero-order valence-corrected chi connectivity index (χ0v) is 15.1. The van der Waals surface area contributed by atoms with Crippen molar-refractivity contribution in [1.82, 2.24) is 4.98 Å². The molecule has 5 rings (SSSR count). The number of nitrogens with zero attached hydrogens (tertiary/aromatic N) is 2. The number of amidine groups is 1. The Morgan fingerprint density at radius 2 is 1.81 bits per heavy atom. The van der Waals surface area contributed by atoms with Crippen LogP contribution in [0.1, 0.15) is 16.7 Å². The Bertz CT molecular complexity index is 1220. The molecule has 1 aromatic heterocycles. The molecule has 4 aromatic rings. The van der Waals surface area contributed by atoms with Gasteiger partial charge in [0.1, 0.15) is 5.84 Å². The van der Waals surface area contributed by atoms with Crippen molar-refractivity contribution in [2.75, 3.05) is 7.05 Å². The van der Waals surface area contributed by atoms with Crippen molar-refractivity contribution >= 4 is 16.7 Å². The lowest BCUT2D eigenvalue weighted by molar-refractivity contribution is 1.26. The first-order chi connectivity index (χ1) is 13.3. The molecule has 1 heterocycles. The maximum atomic E-state index is 6.18. The van der Waals surface area contributed by atoms with Gasteiger partial charge in [0, 0.05) is 24.2 Å². The van der Waals surface area contributed by atoms with Gasteiger partial charge in [-0.1, -0.05) is 48.5 Å². The maximum Gasteiger partial charge on any atom is 0.125 e. The average Bonchev–Trinajstić information content (AvgIpc) is 3.11. The van der Waals surface area contributed by atoms with Gasteiger partial charge in [0.05, 0.1) is 5.52 Å². The van der Waals surface area contributed by atoms with E-state index < -0.39 is 0 Å². The van der Waals surface area contributed by atoms with E-state index in [-0.39, 0.29) is 0 Å². The molecule has 3 heteroatoms. The molecule has 1 aliphatic carbocycles. The van der Waals surface area contributed by atoms with Gasteiger partial charge < -0.3 is 5.73 Å². The van der Waals surface area contributed by atoms with Crippen LogP contribution in [0, 0.1) is 0 Å². The molecule has 0 unspecified atom stereocenters. The number of pyridine rings is 1. The zero-order chi connectivity index (χ0) is 18.4. The Hall–Kier alpha value is -3.46. The Kier molecular flexibility index (Phi) is 3.54. The number of aliphatic imine (C=N–C) groups is 1. The van der Waals surface area contributed by atoms with Crippen LogP contribution in [0.2, 0.25) is 0 Å². The minimum Gasteiger partial charge on any atom is -0.383 e. The molecule has 0 saturated carbocycles. The smallest absolute Gasteiger partial charge is 0.125 e. The van der Waals surface area contributed by atoms with Gasteiger partial charge in [0.2, 0.25) is 0 Å². The molecular formula is C24H19N3. The minimum absolute atomic E-state index is 0.585. The van der Waals surface area contributed by atoms with Gasteiger partial charge in [-0.2, -0.15) is 0 Å². The predicted molar refractivity (Wildman–Crippen MR) is 112 cm³/mol. The van der Waals surface area contributed by atoms with Gasteiger partial charge in [0.25, 0.3) is 0 Å². The second-order valence-electron chi connectivity index (χ2n) is 6.87. The standard InChI is InChI=1S/C24H19N3/c1-26-24(25)20-9-2-5-17-14-21-18(7-3-8-19(21)23(17)20)15-10-11-22-16(13-15)6-4-12-27-22/h2-13H,14H2,1H3,(H2,25,26). The third-order valence-corrected chi connectivity index (χ3v) is 5.39. The molecule has 0 aliphatic heterocycles. The summed E-state index contributed by atoms with van der Waals surface area (Å²) >= 11 is 0. The van der Waals surface area contributed by atoms with Crippen LogP contribution in [0.5, 0.6) is 0 Å². The molecule has 3 nitrogen and oxygen atoms in total. The zero-order valence-electron chi connectivity index (χ0n) is 15.1. The van der Waals surface area contributed by atoms with Crippen molar-refractivity contribution < 1.29 is 0 Å². The quantitative estimate of drug-likeness (QED) is 0.367. The normalized spacial score (nSPS) is 12.9. The molecule has 2 N–H and O–H groups in total. The third-order valence-electron chi connectivity index (χ3n) is 5.39. The van der Waals surface area contributed by atoms with E-state index in [0.717, 1.165) is 22.9 Å². The summed E-state index contributed by atoms with van der Waals surface area (Å²) in [6.45, 7) is 0. The first-order valence-corrected chi connectivity index (χ1v) is 9.08. The number of benzene rings is 3. The number of nitrogens with two attached hydrogens (primary N) is 1. The van der Waals surface area contributed by atoms with Gasteiger partial charge in [0.15, 0.2) is 0 Å². The van der Waals surface area contributed by atoms with Crippen LogP contribution in [0.4, 0.5) is 0 Å². The van der Waals surface area contributed by atoms with E-state index in [1.165, 1.54) is 33.4 Å². The minimum atomic E-state index is 0.585.